The maximum absolute atomic E-state index is 12.2. The average molecular weight is 436 g/mol. The molecule has 1 aliphatic heterocycles. The molecule has 0 radical (unpaired) electrons. The molecule has 32 heavy (non-hydrogen) atoms. The van der Waals surface area contributed by atoms with E-state index in [4.69, 9.17) is 10.9 Å². The van der Waals surface area contributed by atoms with Crippen LogP contribution in [0.3, 0.4) is 0 Å². The van der Waals surface area contributed by atoms with Crippen LogP contribution >= 0.6 is 0 Å². The largest absolute Gasteiger partial charge is 0.339 e. The number of carbonyl (C=O) groups is 2. The monoisotopic (exact) mass is 435 g/mol. The molecule has 0 bridgehead atoms. The van der Waals surface area contributed by atoms with Gasteiger partial charge < -0.3 is 21.7 Å². The predicted octanol–water partition coefficient (Wildman–Crippen LogP) is 0.491. The van der Waals surface area contributed by atoms with Crippen LogP contribution in [0.25, 0.3) is 0 Å². The molecule has 2 aromatic rings. The third kappa shape index (κ3) is 6.90. The van der Waals surface area contributed by atoms with Crippen molar-refractivity contribution in [3.05, 3.63) is 70.8 Å². The number of rotatable bonds is 8. The molecule has 0 spiro atoms. The fourth-order valence-corrected chi connectivity index (χ4v) is 3.43. The molecular weight excluding hydrogens is 406 g/mol. The molecule has 1 heterocycles. The van der Waals surface area contributed by atoms with E-state index >= 15 is 0 Å². The molecular formula is C24H29N5O3. The standard InChI is InChI=1S/C24H29N5O3/c25-14-22(24(31)29-32)28-23(30)20-11-9-18(10-12-20)4-3-17-5-7-19(8-6-17)15-26-16-21-2-1-13-27-21/h5-12,21-22,26-27,32H,1-2,13-16,25H2,(H,28,30)(H,29,31)/t21-,22+/m1/s1. The van der Waals surface area contributed by atoms with E-state index in [0.717, 1.165) is 30.8 Å². The van der Waals surface area contributed by atoms with Gasteiger partial charge in [0, 0.05) is 42.4 Å². The van der Waals surface area contributed by atoms with Crippen LogP contribution in [0.1, 0.15) is 39.9 Å². The van der Waals surface area contributed by atoms with Crippen molar-refractivity contribution in [3.63, 3.8) is 0 Å². The number of nitrogens with one attached hydrogen (secondary N) is 4. The Hall–Kier alpha value is -3.22. The van der Waals surface area contributed by atoms with Gasteiger partial charge in [0.1, 0.15) is 6.04 Å². The lowest BCUT2D eigenvalue weighted by Crippen LogP contribution is -2.50. The summed E-state index contributed by atoms with van der Waals surface area (Å²) in [5.41, 5.74) is 10.2. The van der Waals surface area contributed by atoms with Gasteiger partial charge in [0.2, 0.25) is 0 Å². The lowest BCUT2D eigenvalue weighted by molar-refractivity contribution is -0.130. The predicted molar refractivity (Wildman–Crippen MR) is 122 cm³/mol. The number of hydroxylamine groups is 1. The second-order valence-electron chi connectivity index (χ2n) is 7.69. The highest BCUT2D eigenvalue weighted by Crippen LogP contribution is 2.07. The number of hydrogen-bond donors (Lipinski definition) is 6. The van der Waals surface area contributed by atoms with Crippen molar-refractivity contribution in [2.24, 2.45) is 5.73 Å². The fourth-order valence-electron chi connectivity index (χ4n) is 3.43. The lowest BCUT2D eigenvalue weighted by Gasteiger charge is -2.14. The van der Waals surface area contributed by atoms with Gasteiger partial charge in [0.25, 0.3) is 11.8 Å². The molecule has 0 saturated carbocycles. The Bertz CT molecular complexity index is 958. The second-order valence-corrected chi connectivity index (χ2v) is 7.69. The third-order valence-corrected chi connectivity index (χ3v) is 5.30. The van der Waals surface area contributed by atoms with Crippen LogP contribution in [0.5, 0.6) is 0 Å². The summed E-state index contributed by atoms with van der Waals surface area (Å²) in [6, 6.07) is 14.4. The molecule has 7 N–H and O–H groups in total. The first-order chi connectivity index (χ1) is 15.6. The fraction of sp³-hybridized carbons (Fsp3) is 0.333. The van der Waals surface area contributed by atoms with Crippen LogP contribution in [0.15, 0.2) is 48.5 Å². The molecule has 8 heteroatoms. The number of carbonyl (C=O) groups excluding carboxylic acids is 2. The Labute approximate surface area is 187 Å². The quantitative estimate of drug-likeness (QED) is 0.203. The molecule has 1 aliphatic rings. The Morgan fingerprint density at radius 1 is 1.09 bits per heavy atom. The first-order valence-electron chi connectivity index (χ1n) is 10.7. The first kappa shape index (κ1) is 23.4. The molecule has 0 unspecified atom stereocenters. The number of benzene rings is 2. The number of nitrogens with two attached hydrogens (primary N) is 1. The van der Waals surface area contributed by atoms with E-state index in [2.05, 4.69) is 39.9 Å². The molecule has 1 saturated heterocycles. The SMILES string of the molecule is NC[C@H](NC(=O)c1ccc(C#Cc2ccc(CNC[C@H]3CCCN3)cc2)cc1)C(=O)NO. The number of hydrogen-bond acceptors (Lipinski definition) is 6. The lowest BCUT2D eigenvalue weighted by atomic mass is 10.1. The van der Waals surface area contributed by atoms with Crippen molar-refractivity contribution in [2.45, 2.75) is 31.5 Å². The van der Waals surface area contributed by atoms with E-state index < -0.39 is 17.9 Å². The van der Waals surface area contributed by atoms with Crippen LogP contribution < -0.4 is 27.2 Å². The van der Waals surface area contributed by atoms with Gasteiger partial charge in [-0.15, -0.1) is 0 Å². The maximum atomic E-state index is 12.2. The molecule has 8 nitrogen and oxygen atoms in total. The molecule has 3 rings (SSSR count). The Morgan fingerprint density at radius 2 is 1.75 bits per heavy atom. The summed E-state index contributed by atoms with van der Waals surface area (Å²) in [6.45, 7) is 2.81. The summed E-state index contributed by atoms with van der Waals surface area (Å²) in [6.07, 6.45) is 2.50. The Balaban J connectivity index is 1.51. The number of amides is 2. The van der Waals surface area contributed by atoms with Crippen LogP contribution in [-0.2, 0) is 11.3 Å². The zero-order valence-corrected chi connectivity index (χ0v) is 17.9. The molecule has 0 aliphatic carbocycles. The normalized spacial score (nSPS) is 16.0. The van der Waals surface area contributed by atoms with Gasteiger partial charge in [-0.2, -0.15) is 0 Å². The smallest absolute Gasteiger partial charge is 0.267 e. The zero-order valence-electron chi connectivity index (χ0n) is 17.9. The van der Waals surface area contributed by atoms with E-state index in [-0.39, 0.29) is 6.54 Å². The van der Waals surface area contributed by atoms with Crippen molar-refractivity contribution in [1.82, 2.24) is 21.4 Å². The van der Waals surface area contributed by atoms with Crippen molar-refractivity contribution in [2.75, 3.05) is 19.6 Å². The van der Waals surface area contributed by atoms with Crippen LogP contribution in [0.4, 0.5) is 0 Å². The van der Waals surface area contributed by atoms with Gasteiger partial charge in [0.15, 0.2) is 0 Å². The van der Waals surface area contributed by atoms with E-state index in [0.29, 0.717) is 11.6 Å². The minimum absolute atomic E-state index is 0.131. The molecule has 0 aromatic heterocycles. The molecule has 2 atom stereocenters. The minimum Gasteiger partial charge on any atom is -0.339 e. The van der Waals surface area contributed by atoms with Gasteiger partial charge in [0.05, 0.1) is 0 Å². The highest BCUT2D eigenvalue weighted by molar-refractivity contribution is 5.97. The minimum atomic E-state index is -1.01. The van der Waals surface area contributed by atoms with E-state index in [1.165, 1.54) is 23.9 Å². The Morgan fingerprint density at radius 3 is 2.31 bits per heavy atom. The van der Waals surface area contributed by atoms with Crippen LogP contribution in [0, 0.1) is 11.8 Å². The third-order valence-electron chi connectivity index (χ3n) is 5.30. The van der Waals surface area contributed by atoms with E-state index in [9.17, 15) is 9.59 Å². The average Bonchev–Trinajstić information content (AvgIpc) is 3.35. The molecule has 168 valence electrons. The summed E-state index contributed by atoms with van der Waals surface area (Å²) in [7, 11) is 0. The van der Waals surface area contributed by atoms with Gasteiger partial charge in [-0.25, -0.2) is 5.48 Å². The first-order valence-corrected chi connectivity index (χ1v) is 10.7. The van der Waals surface area contributed by atoms with Crippen molar-refractivity contribution >= 4 is 11.8 Å². The van der Waals surface area contributed by atoms with Crippen molar-refractivity contribution in [1.29, 1.82) is 0 Å². The van der Waals surface area contributed by atoms with Gasteiger partial charge in [-0.05, 0) is 61.3 Å². The molecule has 2 amide bonds. The summed E-state index contributed by atoms with van der Waals surface area (Å²) in [5.74, 6) is 4.98. The molecule has 1 fully saturated rings. The molecule has 2 aromatic carbocycles. The highest BCUT2D eigenvalue weighted by Gasteiger charge is 2.19. The zero-order chi connectivity index (χ0) is 22.8. The Kier molecular flexibility index (Phi) is 8.78. The summed E-state index contributed by atoms with van der Waals surface area (Å²) >= 11 is 0. The summed E-state index contributed by atoms with van der Waals surface area (Å²) < 4.78 is 0. The van der Waals surface area contributed by atoms with Gasteiger partial charge >= 0.3 is 0 Å². The van der Waals surface area contributed by atoms with E-state index in [1.54, 1.807) is 24.3 Å². The topological polar surface area (TPSA) is 129 Å². The summed E-state index contributed by atoms with van der Waals surface area (Å²) in [4.78, 5) is 23.7. The van der Waals surface area contributed by atoms with Gasteiger partial charge in [-0.1, -0.05) is 24.0 Å². The van der Waals surface area contributed by atoms with Crippen molar-refractivity contribution < 1.29 is 14.8 Å². The van der Waals surface area contributed by atoms with Crippen molar-refractivity contribution in [3.8, 4) is 11.8 Å². The van der Waals surface area contributed by atoms with Crippen LogP contribution in [-0.4, -0.2) is 48.7 Å². The summed E-state index contributed by atoms with van der Waals surface area (Å²) in [5, 5.41) is 18.1. The van der Waals surface area contributed by atoms with Gasteiger partial charge in [-0.3, -0.25) is 14.8 Å². The van der Waals surface area contributed by atoms with Crippen LogP contribution in [0.2, 0.25) is 0 Å². The maximum Gasteiger partial charge on any atom is 0.267 e. The van der Waals surface area contributed by atoms with E-state index in [1.807, 2.05) is 12.1 Å². The highest BCUT2D eigenvalue weighted by atomic mass is 16.5. The second kappa shape index (κ2) is 12.0.